The van der Waals surface area contributed by atoms with E-state index in [-0.39, 0.29) is 28.5 Å². The molecule has 0 amide bonds. The Morgan fingerprint density at radius 3 is 1.25 bits per heavy atom. The van der Waals surface area contributed by atoms with Crippen molar-refractivity contribution in [3.8, 4) is 0 Å². The molecule has 4 heavy (non-hydrogen) atoms. The van der Waals surface area contributed by atoms with Gasteiger partial charge in [0.1, 0.15) is 0 Å². The van der Waals surface area contributed by atoms with Crippen molar-refractivity contribution >= 4 is 23.1 Å². The molecule has 0 unspecified atom stereocenters. The molecule has 0 N–H and O–H groups in total. The molecule has 0 rings (SSSR count). The van der Waals surface area contributed by atoms with E-state index in [1.165, 1.54) is 0 Å². The minimum atomic E-state index is 0. The molecular formula is CuMgO2. The Morgan fingerprint density at radius 1 is 1.25 bits per heavy atom. The number of hydrogen-bond donors (Lipinski definition) is 0. The first kappa shape index (κ1) is 19.7. The molecule has 0 aliphatic heterocycles. The molecule has 25 valence electrons. The van der Waals surface area contributed by atoms with E-state index in [0.717, 1.165) is 0 Å². The average Bonchev–Trinajstić information content (AvgIpc) is 1.00. The third kappa shape index (κ3) is 11.7. The summed E-state index contributed by atoms with van der Waals surface area (Å²) in [6.07, 6.45) is 0. The fourth-order valence-electron chi connectivity index (χ4n) is 0. The summed E-state index contributed by atoms with van der Waals surface area (Å²) in [6.45, 7) is 0. The summed E-state index contributed by atoms with van der Waals surface area (Å²) in [6, 6.07) is 0. The van der Waals surface area contributed by atoms with E-state index in [0.29, 0.717) is 0 Å². The van der Waals surface area contributed by atoms with Crippen molar-refractivity contribution in [1.82, 2.24) is 0 Å². The summed E-state index contributed by atoms with van der Waals surface area (Å²) in [5.41, 5.74) is 0. The summed E-state index contributed by atoms with van der Waals surface area (Å²) >= 11 is 2.94. The zero-order valence-electron chi connectivity index (χ0n) is 1.83. The molecule has 0 aromatic heterocycles. The van der Waals surface area contributed by atoms with Crippen LogP contribution in [0.5, 0.6) is 0 Å². The van der Waals surface area contributed by atoms with Crippen LogP contribution in [-0.4, -0.2) is 23.1 Å². The van der Waals surface area contributed by atoms with Gasteiger partial charge < -0.3 is 5.48 Å². The van der Waals surface area contributed by atoms with Crippen LogP contribution in [0.25, 0.3) is 0 Å². The second-order valence-electron chi connectivity index (χ2n) is 0. The van der Waals surface area contributed by atoms with Crippen molar-refractivity contribution in [1.29, 1.82) is 0 Å². The molecule has 0 fully saturated rings. The SMILES string of the molecule is [Mg+2].[O-2].[O]=[Cu]. The van der Waals surface area contributed by atoms with Crippen LogP contribution in [0.2, 0.25) is 0 Å². The Kier molecular flexibility index (Phi) is 169. The maximum absolute atomic E-state index is 7.81. The third-order valence-corrected chi connectivity index (χ3v) is 0. The van der Waals surface area contributed by atoms with Gasteiger partial charge in [0.2, 0.25) is 0 Å². The number of rotatable bonds is 0. The van der Waals surface area contributed by atoms with Crippen LogP contribution in [0.15, 0.2) is 0 Å². The van der Waals surface area contributed by atoms with Crippen molar-refractivity contribution in [3.05, 3.63) is 0 Å². The van der Waals surface area contributed by atoms with E-state index < -0.39 is 0 Å². The van der Waals surface area contributed by atoms with Crippen LogP contribution in [0, 0.1) is 0 Å². The second kappa shape index (κ2) is 34.3. The molecule has 0 heterocycles. The summed E-state index contributed by atoms with van der Waals surface area (Å²) < 4.78 is 7.81. The van der Waals surface area contributed by atoms with Crippen molar-refractivity contribution < 1.29 is 25.3 Å². The molecule has 0 saturated carbocycles. The van der Waals surface area contributed by atoms with Crippen molar-refractivity contribution in [2.45, 2.75) is 0 Å². The molecule has 0 aliphatic carbocycles. The molecule has 0 aliphatic rings. The molecule has 0 atom stereocenters. The molecular weight excluding hydrogens is 120 g/mol. The first-order valence-electron chi connectivity index (χ1n) is 0.123. The van der Waals surface area contributed by atoms with E-state index in [9.17, 15) is 0 Å². The van der Waals surface area contributed by atoms with Gasteiger partial charge in [-0.25, -0.2) is 0 Å². The average molecular weight is 120 g/mol. The monoisotopic (exact) mass is 119 g/mol. The van der Waals surface area contributed by atoms with Gasteiger partial charge >= 0.3 is 42.8 Å². The van der Waals surface area contributed by atoms with Gasteiger partial charge in [0.15, 0.2) is 0 Å². The van der Waals surface area contributed by atoms with Crippen molar-refractivity contribution in [2.24, 2.45) is 0 Å². The van der Waals surface area contributed by atoms with E-state index >= 15 is 0 Å². The van der Waals surface area contributed by atoms with Gasteiger partial charge in [-0.15, -0.1) is 0 Å². The minimum absolute atomic E-state index is 0. The Morgan fingerprint density at radius 2 is 1.25 bits per heavy atom. The van der Waals surface area contributed by atoms with Gasteiger partial charge in [0.05, 0.1) is 0 Å². The zero-order chi connectivity index (χ0) is 2.00. The van der Waals surface area contributed by atoms with Crippen LogP contribution >= 0.6 is 0 Å². The molecule has 2 nitrogen and oxygen atoms in total. The predicted octanol–water partition coefficient (Wildman–Crippen LogP) is -0.621. The molecule has 0 saturated heterocycles. The normalized spacial score (nSPS) is 1.50. The zero-order valence-corrected chi connectivity index (χ0v) is 4.18. The summed E-state index contributed by atoms with van der Waals surface area (Å²) in [4.78, 5) is 0. The molecule has 0 spiro atoms. The van der Waals surface area contributed by atoms with Crippen LogP contribution in [0.1, 0.15) is 0 Å². The van der Waals surface area contributed by atoms with E-state index in [1.54, 1.807) is 0 Å². The summed E-state index contributed by atoms with van der Waals surface area (Å²) in [5, 5.41) is 0. The van der Waals surface area contributed by atoms with Gasteiger partial charge in [0, 0.05) is 0 Å². The van der Waals surface area contributed by atoms with Crippen LogP contribution < -0.4 is 0 Å². The van der Waals surface area contributed by atoms with Crippen molar-refractivity contribution in [3.63, 3.8) is 0 Å². The molecule has 0 bridgehead atoms. The van der Waals surface area contributed by atoms with Gasteiger partial charge in [-0.1, -0.05) is 0 Å². The molecule has 0 aromatic rings. The molecule has 0 radical (unpaired) electrons. The van der Waals surface area contributed by atoms with Crippen LogP contribution in [0.4, 0.5) is 0 Å². The van der Waals surface area contributed by atoms with Crippen LogP contribution in [-0.2, 0) is 25.3 Å². The Labute approximate surface area is 48.4 Å². The summed E-state index contributed by atoms with van der Waals surface area (Å²) in [5.74, 6) is 0. The van der Waals surface area contributed by atoms with E-state index in [2.05, 4.69) is 15.9 Å². The van der Waals surface area contributed by atoms with Crippen molar-refractivity contribution in [2.75, 3.05) is 0 Å². The number of hydrogen-bond acceptors (Lipinski definition) is 1. The van der Waals surface area contributed by atoms with Gasteiger partial charge in [0.25, 0.3) is 0 Å². The second-order valence-corrected chi connectivity index (χ2v) is 0. The topological polar surface area (TPSA) is 45.6 Å². The van der Waals surface area contributed by atoms with E-state index in [1.807, 2.05) is 0 Å². The Hall–Kier alpha value is 1.05. The van der Waals surface area contributed by atoms with Crippen LogP contribution in [0.3, 0.4) is 0 Å². The molecule has 0 aromatic carbocycles. The predicted molar refractivity (Wildman–Crippen MR) is 7.13 cm³/mol. The standard InChI is InChI=1S/Cu.Mg.2O/q;+2;;-2. The Bertz CT molecular complexity index is 6.00. The summed E-state index contributed by atoms with van der Waals surface area (Å²) in [7, 11) is 0. The quantitative estimate of drug-likeness (QED) is 0.392. The van der Waals surface area contributed by atoms with E-state index in [4.69, 9.17) is 3.83 Å². The Balaban J connectivity index is -0.00000000500. The first-order chi connectivity index (χ1) is 1.00. The van der Waals surface area contributed by atoms with Gasteiger partial charge in [-0.2, -0.15) is 0 Å². The van der Waals surface area contributed by atoms with Gasteiger partial charge in [-0.3, -0.25) is 0 Å². The van der Waals surface area contributed by atoms with Gasteiger partial charge in [-0.05, 0) is 0 Å². The first-order valence-corrected chi connectivity index (χ1v) is 0.508. The molecule has 4 heteroatoms. The fraction of sp³-hybridized carbons (Fsp3) is 0. The third-order valence-electron chi connectivity index (χ3n) is 0. The fourth-order valence-corrected chi connectivity index (χ4v) is 0. The maximum atomic E-state index is 7.81.